The van der Waals surface area contributed by atoms with Crippen LogP contribution in [0.3, 0.4) is 0 Å². The molecule has 8 heteroatoms. The summed E-state index contributed by atoms with van der Waals surface area (Å²) in [7, 11) is 0. The van der Waals surface area contributed by atoms with E-state index in [1.54, 1.807) is 12.4 Å². The molecule has 2 heterocycles. The quantitative estimate of drug-likeness (QED) is 0.307. The molecule has 0 radical (unpaired) electrons. The Bertz CT molecular complexity index is 1290. The highest BCUT2D eigenvalue weighted by atomic mass is 32.2. The number of hydrogen-bond acceptors (Lipinski definition) is 6. The molecule has 1 saturated carbocycles. The third-order valence-corrected chi connectivity index (χ3v) is 7.54. The van der Waals surface area contributed by atoms with Gasteiger partial charge in [-0.1, -0.05) is 48.5 Å². The second-order valence-electron chi connectivity index (χ2n) is 8.88. The van der Waals surface area contributed by atoms with E-state index in [4.69, 9.17) is 4.74 Å². The Hall–Kier alpha value is -3.65. The zero-order chi connectivity index (χ0) is 24.8. The van der Waals surface area contributed by atoms with E-state index in [0.717, 1.165) is 29.8 Å². The summed E-state index contributed by atoms with van der Waals surface area (Å²) in [6, 6.07) is 22.1. The average Bonchev–Trinajstić information content (AvgIpc) is 3.33. The molecule has 0 unspecified atom stereocenters. The lowest BCUT2D eigenvalue weighted by molar-refractivity contribution is -0.119. The summed E-state index contributed by atoms with van der Waals surface area (Å²) in [4.78, 5) is 17.1. The minimum atomic E-state index is -0.00798. The van der Waals surface area contributed by atoms with Crippen LogP contribution in [0.5, 0.6) is 5.75 Å². The van der Waals surface area contributed by atoms with Gasteiger partial charge in [0.25, 0.3) is 0 Å². The van der Waals surface area contributed by atoms with Gasteiger partial charge in [-0.2, -0.15) is 0 Å². The second-order valence-corrected chi connectivity index (χ2v) is 9.82. The molecular weight excluding hydrogens is 470 g/mol. The van der Waals surface area contributed by atoms with E-state index in [-0.39, 0.29) is 17.1 Å². The molecule has 0 saturated heterocycles. The van der Waals surface area contributed by atoms with Crippen molar-refractivity contribution in [2.75, 3.05) is 18.9 Å². The van der Waals surface area contributed by atoms with E-state index in [0.29, 0.717) is 24.1 Å². The number of nitrogens with zero attached hydrogens (tertiary/aromatic N) is 4. The van der Waals surface area contributed by atoms with Crippen LogP contribution in [0, 0.1) is 0 Å². The first-order valence-electron chi connectivity index (χ1n) is 12.2. The summed E-state index contributed by atoms with van der Waals surface area (Å²) in [6.07, 6.45) is 6.89. The van der Waals surface area contributed by atoms with Crippen molar-refractivity contribution in [1.29, 1.82) is 0 Å². The van der Waals surface area contributed by atoms with Crippen molar-refractivity contribution in [3.8, 4) is 22.8 Å². The number of rotatable bonds is 10. The summed E-state index contributed by atoms with van der Waals surface area (Å²) >= 11 is 1.38. The normalized spacial score (nSPS) is 14.1. The molecule has 0 bridgehead atoms. The number of amides is 1. The van der Waals surface area contributed by atoms with E-state index in [9.17, 15) is 4.79 Å². The van der Waals surface area contributed by atoms with Crippen LogP contribution in [-0.4, -0.2) is 44.6 Å². The van der Waals surface area contributed by atoms with Gasteiger partial charge in [0.1, 0.15) is 5.75 Å². The van der Waals surface area contributed by atoms with Gasteiger partial charge >= 0.3 is 0 Å². The van der Waals surface area contributed by atoms with Crippen LogP contribution in [0.2, 0.25) is 0 Å². The highest BCUT2D eigenvalue weighted by Crippen LogP contribution is 2.43. The Kier molecular flexibility index (Phi) is 7.32. The molecule has 5 rings (SSSR count). The Morgan fingerprint density at radius 2 is 1.86 bits per heavy atom. The van der Waals surface area contributed by atoms with Gasteiger partial charge in [0.2, 0.25) is 5.91 Å². The zero-order valence-corrected chi connectivity index (χ0v) is 21.1. The standard InChI is InChI=1S/C28H29N5O2S/c1-2-35-24-13-11-23(12-14-24)33-26(21-8-6-17-29-18-21)31-32-27(33)36-19-25(34)30-20-28(15-7-16-28)22-9-4-3-5-10-22/h3-6,8-14,17-18H,2,7,15-16,19-20H2,1H3,(H,30,34). The van der Waals surface area contributed by atoms with Crippen LogP contribution in [0.15, 0.2) is 84.3 Å². The maximum absolute atomic E-state index is 12.9. The van der Waals surface area contributed by atoms with Crippen molar-refractivity contribution >= 4 is 17.7 Å². The van der Waals surface area contributed by atoms with E-state index in [1.165, 1.54) is 23.7 Å². The van der Waals surface area contributed by atoms with Gasteiger partial charge in [0, 0.05) is 35.6 Å². The number of aromatic nitrogens is 4. The fourth-order valence-corrected chi connectivity index (χ4v) is 5.33. The number of benzene rings is 2. The highest BCUT2D eigenvalue weighted by molar-refractivity contribution is 7.99. The molecular formula is C28H29N5O2S. The second kappa shape index (κ2) is 11.0. The lowest BCUT2D eigenvalue weighted by atomic mass is 9.64. The van der Waals surface area contributed by atoms with Crippen molar-refractivity contribution in [2.45, 2.75) is 36.8 Å². The smallest absolute Gasteiger partial charge is 0.230 e. The molecule has 36 heavy (non-hydrogen) atoms. The summed E-state index contributed by atoms with van der Waals surface area (Å²) in [5, 5.41) is 12.7. The fourth-order valence-electron chi connectivity index (χ4n) is 4.55. The van der Waals surface area contributed by atoms with Crippen LogP contribution >= 0.6 is 11.8 Å². The maximum atomic E-state index is 12.9. The van der Waals surface area contributed by atoms with E-state index >= 15 is 0 Å². The van der Waals surface area contributed by atoms with Crippen molar-refractivity contribution in [3.05, 3.63) is 84.7 Å². The first kappa shape index (κ1) is 24.1. The molecule has 0 atom stereocenters. The molecule has 1 amide bonds. The van der Waals surface area contributed by atoms with Crippen molar-refractivity contribution in [1.82, 2.24) is 25.1 Å². The van der Waals surface area contributed by atoms with Crippen LogP contribution in [0.4, 0.5) is 0 Å². The fraction of sp³-hybridized carbons (Fsp3) is 0.286. The van der Waals surface area contributed by atoms with Gasteiger partial charge in [-0.25, -0.2) is 0 Å². The lowest BCUT2D eigenvalue weighted by Crippen LogP contribution is -2.46. The zero-order valence-electron chi connectivity index (χ0n) is 20.3. The molecule has 184 valence electrons. The number of pyridine rings is 1. The molecule has 2 aromatic carbocycles. The van der Waals surface area contributed by atoms with E-state index in [2.05, 4.69) is 44.8 Å². The number of nitrogens with one attached hydrogen (secondary N) is 1. The molecule has 7 nitrogen and oxygen atoms in total. The average molecular weight is 500 g/mol. The van der Waals surface area contributed by atoms with E-state index < -0.39 is 0 Å². The Morgan fingerprint density at radius 3 is 2.53 bits per heavy atom. The lowest BCUT2D eigenvalue weighted by Gasteiger charge is -2.42. The van der Waals surface area contributed by atoms with Crippen molar-refractivity contribution in [2.24, 2.45) is 0 Å². The minimum absolute atomic E-state index is 0.00798. The summed E-state index contributed by atoms with van der Waals surface area (Å²) in [6.45, 7) is 3.22. The number of thioether (sulfide) groups is 1. The molecule has 4 aromatic rings. The SMILES string of the molecule is CCOc1ccc(-n2c(SCC(=O)NCC3(c4ccccc4)CCC3)nnc2-c2cccnc2)cc1. The molecule has 1 fully saturated rings. The molecule has 1 aliphatic carbocycles. The van der Waals surface area contributed by atoms with Crippen LogP contribution in [0.25, 0.3) is 17.1 Å². The Labute approximate surface area is 215 Å². The predicted molar refractivity (Wildman–Crippen MR) is 141 cm³/mol. The van der Waals surface area contributed by atoms with Gasteiger partial charge in [-0.05, 0) is 61.7 Å². The van der Waals surface area contributed by atoms with E-state index in [1.807, 2.05) is 54.0 Å². The monoisotopic (exact) mass is 499 g/mol. The Balaban J connectivity index is 1.31. The number of hydrogen-bond donors (Lipinski definition) is 1. The highest BCUT2D eigenvalue weighted by Gasteiger charge is 2.38. The molecule has 1 aliphatic rings. The largest absolute Gasteiger partial charge is 0.494 e. The Morgan fingerprint density at radius 1 is 1.06 bits per heavy atom. The van der Waals surface area contributed by atoms with Crippen LogP contribution < -0.4 is 10.1 Å². The van der Waals surface area contributed by atoms with Gasteiger partial charge in [-0.15, -0.1) is 10.2 Å². The summed E-state index contributed by atoms with van der Waals surface area (Å²) in [5.41, 5.74) is 3.10. The van der Waals surface area contributed by atoms with Crippen LogP contribution in [-0.2, 0) is 10.2 Å². The van der Waals surface area contributed by atoms with Gasteiger partial charge in [-0.3, -0.25) is 14.3 Å². The topological polar surface area (TPSA) is 81.9 Å². The first-order chi connectivity index (χ1) is 17.7. The van der Waals surface area contributed by atoms with Crippen LogP contribution in [0.1, 0.15) is 31.7 Å². The van der Waals surface area contributed by atoms with Crippen molar-refractivity contribution in [3.63, 3.8) is 0 Å². The molecule has 1 N–H and O–H groups in total. The number of carbonyl (C=O) groups is 1. The van der Waals surface area contributed by atoms with Gasteiger partial charge in [0.15, 0.2) is 11.0 Å². The minimum Gasteiger partial charge on any atom is -0.494 e. The molecule has 0 aliphatic heterocycles. The summed E-state index contributed by atoms with van der Waals surface area (Å²) in [5.74, 6) is 1.72. The van der Waals surface area contributed by atoms with Gasteiger partial charge < -0.3 is 10.1 Å². The summed E-state index contributed by atoms with van der Waals surface area (Å²) < 4.78 is 7.55. The van der Waals surface area contributed by atoms with Crippen molar-refractivity contribution < 1.29 is 9.53 Å². The molecule has 2 aromatic heterocycles. The molecule has 0 spiro atoms. The third kappa shape index (κ3) is 5.14. The number of carbonyl (C=O) groups excluding carboxylic acids is 1. The maximum Gasteiger partial charge on any atom is 0.230 e. The number of ether oxygens (including phenoxy) is 1. The van der Waals surface area contributed by atoms with Gasteiger partial charge in [0.05, 0.1) is 12.4 Å². The predicted octanol–water partition coefficient (Wildman–Crippen LogP) is 5.06. The third-order valence-electron chi connectivity index (χ3n) is 6.61. The first-order valence-corrected chi connectivity index (χ1v) is 13.2.